The molecule has 0 amide bonds. The van der Waals surface area contributed by atoms with Gasteiger partial charge in [0, 0.05) is 22.8 Å². The molecule has 0 radical (unpaired) electrons. The van der Waals surface area contributed by atoms with Crippen molar-refractivity contribution in [2.75, 3.05) is 0 Å². The van der Waals surface area contributed by atoms with Crippen LogP contribution in [-0.2, 0) is 6.42 Å². The summed E-state index contributed by atoms with van der Waals surface area (Å²) in [6.07, 6.45) is 5.33. The van der Waals surface area contributed by atoms with E-state index in [1.165, 1.54) is 5.56 Å². The molecule has 2 heterocycles. The third-order valence-electron chi connectivity index (χ3n) is 3.36. The fourth-order valence-corrected chi connectivity index (χ4v) is 2.41. The highest BCUT2D eigenvalue weighted by molar-refractivity contribution is 6.31. The van der Waals surface area contributed by atoms with Gasteiger partial charge < -0.3 is 10.2 Å². The van der Waals surface area contributed by atoms with Crippen LogP contribution < -0.4 is 5.73 Å². The van der Waals surface area contributed by atoms with Crippen molar-refractivity contribution in [2.24, 2.45) is 5.73 Å². The van der Waals surface area contributed by atoms with E-state index < -0.39 is 0 Å². The number of furan rings is 1. The van der Waals surface area contributed by atoms with Crippen molar-refractivity contribution >= 4 is 22.6 Å². The van der Waals surface area contributed by atoms with E-state index in [1.54, 1.807) is 12.4 Å². The molecule has 0 spiro atoms. The van der Waals surface area contributed by atoms with Gasteiger partial charge in [-0.2, -0.15) is 0 Å². The van der Waals surface area contributed by atoms with E-state index in [1.807, 2.05) is 36.4 Å². The van der Waals surface area contributed by atoms with Gasteiger partial charge in [0.05, 0.1) is 6.04 Å². The van der Waals surface area contributed by atoms with E-state index in [-0.39, 0.29) is 6.04 Å². The molecular formula is C16H15ClN2O. The highest BCUT2D eigenvalue weighted by Gasteiger charge is 2.12. The van der Waals surface area contributed by atoms with Crippen molar-refractivity contribution in [3.63, 3.8) is 0 Å². The zero-order valence-corrected chi connectivity index (χ0v) is 11.7. The van der Waals surface area contributed by atoms with Crippen LogP contribution >= 0.6 is 11.6 Å². The van der Waals surface area contributed by atoms with E-state index >= 15 is 0 Å². The van der Waals surface area contributed by atoms with E-state index in [4.69, 9.17) is 21.8 Å². The molecule has 0 aliphatic rings. The molecule has 3 nitrogen and oxygen atoms in total. The zero-order valence-electron chi connectivity index (χ0n) is 10.9. The van der Waals surface area contributed by atoms with Gasteiger partial charge in [-0.25, -0.2) is 0 Å². The average Bonchev–Trinajstić information content (AvgIpc) is 2.89. The normalized spacial score (nSPS) is 12.7. The molecule has 1 unspecified atom stereocenters. The molecule has 0 saturated carbocycles. The minimum absolute atomic E-state index is 0.116. The molecule has 0 bridgehead atoms. The third-order valence-corrected chi connectivity index (χ3v) is 3.59. The van der Waals surface area contributed by atoms with Gasteiger partial charge in [-0.15, -0.1) is 0 Å². The Balaban J connectivity index is 1.73. The van der Waals surface area contributed by atoms with Gasteiger partial charge >= 0.3 is 0 Å². The Bertz CT molecular complexity index is 709. The minimum Gasteiger partial charge on any atom is -0.459 e. The van der Waals surface area contributed by atoms with E-state index in [2.05, 4.69) is 4.98 Å². The summed E-state index contributed by atoms with van der Waals surface area (Å²) in [7, 11) is 0. The second kappa shape index (κ2) is 5.65. The van der Waals surface area contributed by atoms with Crippen LogP contribution in [0.1, 0.15) is 23.8 Å². The second-order valence-electron chi connectivity index (χ2n) is 4.83. The number of pyridine rings is 1. The van der Waals surface area contributed by atoms with Gasteiger partial charge in [0.25, 0.3) is 0 Å². The lowest BCUT2D eigenvalue weighted by Gasteiger charge is -2.08. The molecular weight excluding hydrogens is 272 g/mol. The van der Waals surface area contributed by atoms with Crippen LogP contribution in [0.25, 0.3) is 11.0 Å². The first kappa shape index (κ1) is 13.2. The number of benzene rings is 1. The van der Waals surface area contributed by atoms with Crippen LogP contribution in [0.5, 0.6) is 0 Å². The molecule has 0 saturated heterocycles. The van der Waals surface area contributed by atoms with Gasteiger partial charge in [-0.3, -0.25) is 4.98 Å². The zero-order chi connectivity index (χ0) is 13.9. The summed E-state index contributed by atoms with van der Waals surface area (Å²) >= 11 is 5.97. The Morgan fingerprint density at radius 2 is 1.95 bits per heavy atom. The highest BCUT2D eigenvalue weighted by Crippen LogP contribution is 2.27. The predicted molar refractivity (Wildman–Crippen MR) is 80.7 cm³/mol. The molecule has 102 valence electrons. The minimum atomic E-state index is -0.116. The number of fused-ring (bicyclic) bond motifs is 1. The molecule has 2 aromatic heterocycles. The van der Waals surface area contributed by atoms with E-state index in [0.717, 1.165) is 29.6 Å². The van der Waals surface area contributed by atoms with Crippen LogP contribution in [0.2, 0.25) is 5.02 Å². The first-order valence-electron chi connectivity index (χ1n) is 6.56. The maximum absolute atomic E-state index is 6.20. The first-order chi connectivity index (χ1) is 9.72. The van der Waals surface area contributed by atoms with Gasteiger partial charge in [0.15, 0.2) is 0 Å². The molecule has 3 rings (SSSR count). The summed E-state index contributed by atoms with van der Waals surface area (Å²) < 4.78 is 5.78. The number of nitrogens with zero attached hydrogens (tertiary/aromatic N) is 1. The van der Waals surface area contributed by atoms with Crippen molar-refractivity contribution in [3.05, 3.63) is 65.1 Å². The average molecular weight is 287 g/mol. The van der Waals surface area contributed by atoms with Crippen LogP contribution in [0.4, 0.5) is 0 Å². The number of hydrogen-bond acceptors (Lipinski definition) is 3. The molecule has 1 aromatic carbocycles. The molecule has 2 N–H and O–H groups in total. The highest BCUT2D eigenvalue weighted by atomic mass is 35.5. The number of aromatic nitrogens is 1. The molecule has 0 aliphatic carbocycles. The number of rotatable bonds is 4. The largest absolute Gasteiger partial charge is 0.459 e. The summed E-state index contributed by atoms with van der Waals surface area (Å²) in [5.74, 6) is 0.802. The summed E-state index contributed by atoms with van der Waals surface area (Å²) in [6, 6.07) is 11.4. The van der Waals surface area contributed by atoms with Crippen LogP contribution in [0.3, 0.4) is 0 Å². The maximum Gasteiger partial charge on any atom is 0.134 e. The Labute approximate surface area is 122 Å². The molecule has 20 heavy (non-hydrogen) atoms. The van der Waals surface area contributed by atoms with Crippen molar-refractivity contribution < 1.29 is 4.42 Å². The van der Waals surface area contributed by atoms with Crippen molar-refractivity contribution in [3.8, 4) is 0 Å². The molecule has 4 heteroatoms. The lowest BCUT2D eigenvalue weighted by Crippen LogP contribution is -2.10. The molecule has 1 atom stereocenters. The Morgan fingerprint density at radius 1 is 1.15 bits per heavy atom. The van der Waals surface area contributed by atoms with Crippen LogP contribution in [0.15, 0.2) is 53.2 Å². The number of hydrogen-bond donors (Lipinski definition) is 1. The molecule has 3 aromatic rings. The smallest absolute Gasteiger partial charge is 0.134 e. The maximum atomic E-state index is 6.20. The number of halogens is 1. The quantitative estimate of drug-likeness (QED) is 0.785. The number of aryl methyl sites for hydroxylation is 1. The Hall–Kier alpha value is -1.84. The fraction of sp³-hybridized carbons (Fsp3) is 0.188. The monoisotopic (exact) mass is 286 g/mol. The standard InChI is InChI=1S/C16H15ClN2O/c17-13-2-4-15-12(9-13)10-16(20-15)14(18)3-1-11-5-7-19-8-6-11/h2,4-10,14H,1,3,18H2. The van der Waals surface area contributed by atoms with Crippen molar-refractivity contribution in [1.82, 2.24) is 4.98 Å². The van der Waals surface area contributed by atoms with E-state index in [9.17, 15) is 0 Å². The van der Waals surface area contributed by atoms with Gasteiger partial charge in [0.1, 0.15) is 11.3 Å². The fourth-order valence-electron chi connectivity index (χ4n) is 2.23. The van der Waals surface area contributed by atoms with Gasteiger partial charge in [-0.1, -0.05) is 11.6 Å². The van der Waals surface area contributed by atoms with Crippen LogP contribution in [-0.4, -0.2) is 4.98 Å². The number of nitrogens with two attached hydrogens (primary N) is 1. The van der Waals surface area contributed by atoms with E-state index in [0.29, 0.717) is 5.02 Å². The molecule has 0 fully saturated rings. The summed E-state index contributed by atoms with van der Waals surface area (Å²) in [5.41, 5.74) is 8.26. The summed E-state index contributed by atoms with van der Waals surface area (Å²) in [5, 5.41) is 1.70. The Kier molecular flexibility index (Phi) is 3.72. The van der Waals surface area contributed by atoms with Crippen LogP contribution in [0, 0.1) is 0 Å². The second-order valence-corrected chi connectivity index (χ2v) is 5.27. The van der Waals surface area contributed by atoms with Crippen molar-refractivity contribution in [1.29, 1.82) is 0 Å². The summed E-state index contributed by atoms with van der Waals surface area (Å²) in [6.45, 7) is 0. The third kappa shape index (κ3) is 2.84. The Morgan fingerprint density at radius 3 is 2.75 bits per heavy atom. The lowest BCUT2D eigenvalue weighted by atomic mass is 10.1. The first-order valence-corrected chi connectivity index (χ1v) is 6.93. The summed E-state index contributed by atoms with van der Waals surface area (Å²) in [4.78, 5) is 4.01. The van der Waals surface area contributed by atoms with Crippen molar-refractivity contribution in [2.45, 2.75) is 18.9 Å². The SMILES string of the molecule is NC(CCc1ccncc1)c1cc2cc(Cl)ccc2o1. The topological polar surface area (TPSA) is 52.0 Å². The van der Waals surface area contributed by atoms with Gasteiger partial charge in [0.2, 0.25) is 0 Å². The predicted octanol–water partition coefficient (Wildman–Crippen LogP) is 4.11. The lowest BCUT2D eigenvalue weighted by molar-refractivity contribution is 0.478. The molecule has 0 aliphatic heterocycles. The van der Waals surface area contributed by atoms with Gasteiger partial charge in [-0.05, 0) is 54.8 Å².